The van der Waals surface area contributed by atoms with Crippen LogP contribution in [0, 0.1) is 10.1 Å². The lowest BCUT2D eigenvalue weighted by Gasteiger charge is -2.14. The van der Waals surface area contributed by atoms with Crippen molar-refractivity contribution in [3.05, 3.63) is 82.8 Å². The molecule has 0 saturated heterocycles. The predicted molar refractivity (Wildman–Crippen MR) is 102 cm³/mol. The summed E-state index contributed by atoms with van der Waals surface area (Å²) < 4.78 is 1.89. The number of hydrogen-bond acceptors (Lipinski definition) is 6. The summed E-state index contributed by atoms with van der Waals surface area (Å²) in [6, 6.07) is 15.9. The van der Waals surface area contributed by atoms with Crippen molar-refractivity contribution < 1.29 is 4.92 Å². The van der Waals surface area contributed by atoms with Gasteiger partial charge in [-0.2, -0.15) is 4.98 Å². The van der Waals surface area contributed by atoms with Crippen LogP contribution in [0.25, 0.3) is 16.9 Å². The number of anilines is 1. The van der Waals surface area contributed by atoms with Gasteiger partial charge in [-0.1, -0.05) is 24.3 Å². The van der Waals surface area contributed by atoms with Crippen LogP contribution in [0.4, 0.5) is 11.6 Å². The van der Waals surface area contributed by atoms with Gasteiger partial charge in [-0.15, -0.1) is 0 Å². The van der Waals surface area contributed by atoms with Crippen LogP contribution in [0.15, 0.2) is 67.1 Å². The lowest BCUT2D eigenvalue weighted by Crippen LogP contribution is -2.10. The number of nitrogens with zero attached hydrogens (tertiary/aromatic N) is 5. The number of benzene rings is 2. The zero-order valence-electron chi connectivity index (χ0n) is 14.5. The molecule has 4 aromatic rings. The molecule has 8 nitrogen and oxygen atoms in total. The number of imidazole rings is 1. The summed E-state index contributed by atoms with van der Waals surface area (Å²) in [6.07, 6.45) is 3.39. The number of para-hydroxylation sites is 2. The fourth-order valence-electron chi connectivity index (χ4n) is 2.88. The molecule has 1 atom stereocenters. The van der Waals surface area contributed by atoms with Crippen molar-refractivity contribution in [3.63, 3.8) is 0 Å². The van der Waals surface area contributed by atoms with Crippen LogP contribution in [0.1, 0.15) is 18.5 Å². The first-order valence-electron chi connectivity index (χ1n) is 8.38. The summed E-state index contributed by atoms with van der Waals surface area (Å²) in [6.45, 7) is 1.90. The van der Waals surface area contributed by atoms with Crippen LogP contribution in [-0.4, -0.2) is 24.4 Å². The maximum atomic E-state index is 11.0. The fourth-order valence-corrected chi connectivity index (χ4v) is 2.88. The lowest BCUT2D eigenvalue weighted by molar-refractivity contribution is -0.384. The Morgan fingerprint density at radius 1 is 1.11 bits per heavy atom. The Balaban J connectivity index is 1.61. The predicted octanol–water partition coefficient (Wildman–Crippen LogP) is 3.90. The molecule has 27 heavy (non-hydrogen) atoms. The van der Waals surface area contributed by atoms with Crippen molar-refractivity contribution in [1.82, 2.24) is 19.5 Å². The van der Waals surface area contributed by atoms with Gasteiger partial charge < -0.3 is 5.32 Å². The monoisotopic (exact) mass is 360 g/mol. The molecule has 0 spiro atoms. The molecule has 134 valence electrons. The van der Waals surface area contributed by atoms with E-state index in [4.69, 9.17) is 0 Å². The number of aromatic nitrogens is 4. The van der Waals surface area contributed by atoms with E-state index >= 15 is 0 Å². The van der Waals surface area contributed by atoms with Gasteiger partial charge in [-0.3, -0.25) is 14.7 Å². The van der Waals surface area contributed by atoms with Crippen LogP contribution in [-0.2, 0) is 0 Å². The van der Waals surface area contributed by atoms with E-state index in [2.05, 4.69) is 20.3 Å². The van der Waals surface area contributed by atoms with E-state index in [0.29, 0.717) is 11.8 Å². The van der Waals surface area contributed by atoms with Crippen LogP contribution in [0.5, 0.6) is 0 Å². The quantitative estimate of drug-likeness (QED) is 0.428. The summed E-state index contributed by atoms with van der Waals surface area (Å²) >= 11 is 0. The Kier molecular flexibility index (Phi) is 4.21. The van der Waals surface area contributed by atoms with Crippen molar-refractivity contribution in [2.24, 2.45) is 0 Å². The Morgan fingerprint density at radius 3 is 2.81 bits per heavy atom. The summed E-state index contributed by atoms with van der Waals surface area (Å²) in [5.74, 6) is 1.12. The largest absolute Gasteiger partial charge is 0.348 e. The molecule has 8 heteroatoms. The minimum Gasteiger partial charge on any atom is -0.348 e. The molecule has 0 bridgehead atoms. The SMILES string of the molecule is CC(Nc1nccc(-n2cnc3ccccc32)n1)c1cccc([N+](=O)[O-])c1. The van der Waals surface area contributed by atoms with Gasteiger partial charge in [0.05, 0.1) is 22.0 Å². The van der Waals surface area contributed by atoms with Crippen LogP contribution >= 0.6 is 0 Å². The third-order valence-electron chi connectivity index (χ3n) is 4.27. The van der Waals surface area contributed by atoms with E-state index in [1.54, 1.807) is 30.7 Å². The van der Waals surface area contributed by atoms with Gasteiger partial charge in [0, 0.05) is 18.3 Å². The zero-order chi connectivity index (χ0) is 18.8. The standard InChI is InChI=1S/C19H16N6O2/c1-13(14-5-4-6-15(11-14)25(26)27)22-19-20-10-9-18(23-19)24-12-21-16-7-2-3-8-17(16)24/h2-13H,1H3,(H,20,22,23). The van der Waals surface area contributed by atoms with Gasteiger partial charge >= 0.3 is 0 Å². The number of nitrogens with one attached hydrogen (secondary N) is 1. The summed E-state index contributed by atoms with van der Waals surface area (Å²) in [5.41, 5.74) is 2.68. The molecule has 0 saturated carbocycles. The Morgan fingerprint density at radius 2 is 1.96 bits per heavy atom. The van der Waals surface area contributed by atoms with E-state index in [0.717, 1.165) is 16.6 Å². The van der Waals surface area contributed by atoms with Crippen molar-refractivity contribution in [1.29, 1.82) is 0 Å². The maximum absolute atomic E-state index is 11.0. The number of rotatable bonds is 5. The van der Waals surface area contributed by atoms with Gasteiger partial charge in [0.15, 0.2) is 0 Å². The van der Waals surface area contributed by atoms with E-state index < -0.39 is 4.92 Å². The number of nitro benzene ring substituents is 1. The first kappa shape index (κ1) is 16.6. The molecule has 2 heterocycles. The third-order valence-corrected chi connectivity index (χ3v) is 4.27. The lowest BCUT2D eigenvalue weighted by atomic mass is 10.1. The second-order valence-corrected chi connectivity index (χ2v) is 6.06. The molecule has 0 aliphatic rings. The molecule has 0 radical (unpaired) electrons. The molecule has 4 rings (SSSR count). The molecule has 1 unspecified atom stereocenters. The summed E-state index contributed by atoms with van der Waals surface area (Å²) in [4.78, 5) is 23.8. The number of hydrogen-bond donors (Lipinski definition) is 1. The molecule has 0 fully saturated rings. The zero-order valence-corrected chi connectivity index (χ0v) is 14.5. The maximum Gasteiger partial charge on any atom is 0.269 e. The highest BCUT2D eigenvalue weighted by atomic mass is 16.6. The van der Waals surface area contributed by atoms with Gasteiger partial charge in [0.1, 0.15) is 12.1 Å². The normalized spacial score (nSPS) is 12.0. The van der Waals surface area contributed by atoms with Crippen molar-refractivity contribution in [2.45, 2.75) is 13.0 Å². The Labute approximate surface area is 154 Å². The number of nitro groups is 1. The first-order valence-corrected chi connectivity index (χ1v) is 8.38. The smallest absolute Gasteiger partial charge is 0.269 e. The third kappa shape index (κ3) is 3.32. The fraction of sp³-hybridized carbons (Fsp3) is 0.105. The van der Waals surface area contributed by atoms with Crippen LogP contribution in [0.3, 0.4) is 0 Å². The van der Waals surface area contributed by atoms with E-state index in [1.165, 1.54) is 6.07 Å². The van der Waals surface area contributed by atoms with Gasteiger partial charge in [-0.05, 0) is 30.7 Å². The van der Waals surface area contributed by atoms with Crippen LogP contribution in [0.2, 0.25) is 0 Å². The molecular formula is C19H16N6O2. The summed E-state index contributed by atoms with van der Waals surface area (Å²) in [5, 5.41) is 14.2. The van der Waals surface area contributed by atoms with Crippen molar-refractivity contribution in [3.8, 4) is 5.82 Å². The minimum atomic E-state index is -0.405. The van der Waals surface area contributed by atoms with Crippen LogP contribution < -0.4 is 5.32 Å². The number of fused-ring (bicyclic) bond motifs is 1. The topological polar surface area (TPSA) is 98.8 Å². The Hall–Kier alpha value is -3.81. The molecule has 0 aliphatic heterocycles. The summed E-state index contributed by atoms with van der Waals surface area (Å²) in [7, 11) is 0. The number of non-ortho nitro benzene ring substituents is 1. The molecule has 1 N–H and O–H groups in total. The van der Waals surface area contributed by atoms with Gasteiger partial charge in [-0.25, -0.2) is 9.97 Å². The molecule has 0 aliphatic carbocycles. The van der Waals surface area contributed by atoms with E-state index in [9.17, 15) is 10.1 Å². The average molecular weight is 360 g/mol. The van der Waals surface area contributed by atoms with Crippen molar-refractivity contribution >= 4 is 22.7 Å². The highest BCUT2D eigenvalue weighted by Gasteiger charge is 2.13. The average Bonchev–Trinajstić information content (AvgIpc) is 3.12. The second-order valence-electron chi connectivity index (χ2n) is 6.06. The van der Waals surface area contributed by atoms with Crippen molar-refractivity contribution in [2.75, 3.05) is 5.32 Å². The highest BCUT2D eigenvalue weighted by molar-refractivity contribution is 5.76. The minimum absolute atomic E-state index is 0.0562. The molecular weight excluding hydrogens is 344 g/mol. The second kappa shape index (κ2) is 6.83. The molecule has 2 aromatic heterocycles. The van der Waals surface area contributed by atoms with Gasteiger partial charge in [0.25, 0.3) is 5.69 Å². The Bertz CT molecular complexity index is 1120. The highest BCUT2D eigenvalue weighted by Crippen LogP contribution is 2.22. The molecule has 2 aromatic carbocycles. The van der Waals surface area contributed by atoms with E-state index in [-0.39, 0.29) is 11.7 Å². The molecule has 0 amide bonds. The first-order chi connectivity index (χ1) is 13.1. The van der Waals surface area contributed by atoms with E-state index in [1.807, 2.05) is 41.8 Å². The van der Waals surface area contributed by atoms with Gasteiger partial charge in [0.2, 0.25) is 5.95 Å².